The van der Waals surface area contributed by atoms with Crippen LogP contribution in [0, 0.1) is 16.2 Å². The molecule has 1 aliphatic rings. The van der Waals surface area contributed by atoms with E-state index in [1.807, 2.05) is 27.7 Å². The molecule has 0 bridgehead atoms. The Morgan fingerprint density at radius 3 is 2.17 bits per heavy atom. The van der Waals surface area contributed by atoms with Crippen LogP contribution in [0.5, 0.6) is 0 Å². The number of nitrogens with one attached hydrogen (secondary N) is 2. The van der Waals surface area contributed by atoms with Gasteiger partial charge in [-0.15, -0.1) is 0 Å². The van der Waals surface area contributed by atoms with Gasteiger partial charge < -0.3 is 15.6 Å². The fraction of sp³-hybridized carbons (Fsp3) is 0.577. The van der Waals surface area contributed by atoms with Gasteiger partial charge in [0.05, 0.1) is 27.7 Å². The number of ketones is 2. The molecule has 9 heteroatoms. The van der Waals surface area contributed by atoms with E-state index < -0.39 is 11.7 Å². The lowest BCUT2D eigenvalue weighted by Gasteiger charge is -2.36. The van der Waals surface area contributed by atoms with E-state index in [1.54, 1.807) is 13.8 Å². The standard InChI is InChI=1S/C26H36Cl2N4O3/c1-16(31-18-7-9-26(6,10-8-18)17(2)33)19(11-29)24(35)32(15-25(3,4)5)14-22(34)23-20(27)12-30-13-21(23)28/h11-13,18,29,31H,7-10,14-15H2,1-6H3/b19-16+,29-11?/t18-,26-. The third-order valence-corrected chi connectivity index (χ3v) is 7.13. The number of hydrogen-bond acceptors (Lipinski definition) is 6. The Bertz CT molecular complexity index is 1000. The Hall–Kier alpha value is -2.25. The van der Waals surface area contributed by atoms with Gasteiger partial charge in [-0.05, 0) is 44.9 Å². The number of Topliss-reactive ketones (excluding diaryl/α,β-unsaturated/α-hetero) is 2. The number of carbonyl (C=O) groups excluding carboxylic acids is 3. The average molecular weight is 524 g/mol. The van der Waals surface area contributed by atoms with E-state index in [2.05, 4.69) is 10.3 Å². The molecule has 0 atom stereocenters. The van der Waals surface area contributed by atoms with Gasteiger partial charge in [0, 0.05) is 42.3 Å². The SMILES string of the molecule is C/C(N[C@H]1CC[C@](C)(C(C)=O)CC1)=C(/C=N)C(=O)N(CC(=O)c1c(Cl)cncc1Cl)CC(C)(C)C. The number of rotatable bonds is 9. The maximum atomic E-state index is 13.6. The van der Waals surface area contributed by atoms with Crippen molar-refractivity contribution in [2.24, 2.45) is 10.8 Å². The number of allylic oxidation sites excluding steroid dienone is 1. The van der Waals surface area contributed by atoms with Crippen molar-refractivity contribution in [2.45, 2.75) is 73.3 Å². The first-order valence-electron chi connectivity index (χ1n) is 11.8. The van der Waals surface area contributed by atoms with E-state index in [1.165, 1.54) is 17.3 Å². The highest BCUT2D eigenvalue weighted by atomic mass is 35.5. The summed E-state index contributed by atoms with van der Waals surface area (Å²) in [7, 11) is 0. The number of carbonyl (C=O) groups is 3. The van der Waals surface area contributed by atoms with Crippen molar-refractivity contribution in [3.8, 4) is 0 Å². The van der Waals surface area contributed by atoms with Crippen LogP contribution >= 0.6 is 23.2 Å². The molecule has 1 saturated carbocycles. The fourth-order valence-electron chi connectivity index (χ4n) is 4.34. The van der Waals surface area contributed by atoms with Gasteiger partial charge in [0.1, 0.15) is 5.78 Å². The Morgan fingerprint density at radius 2 is 1.71 bits per heavy atom. The minimum absolute atomic E-state index is 0.109. The van der Waals surface area contributed by atoms with Crippen molar-refractivity contribution >= 4 is 46.9 Å². The zero-order chi connectivity index (χ0) is 26.6. The van der Waals surface area contributed by atoms with Crippen LogP contribution in [-0.2, 0) is 9.59 Å². The van der Waals surface area contributed by atoms with Gasteiger partial charge in [0.15, 0.2) is 5.78 Å². The van der Waals surface area contributed by atoms with E-state index in [9.17, 15) is 14.4 Å². The van der Waals surface area contributed by atoms with Crippen LogP contribution in [0.1, 0.15) is 77.6 Å². The largest absolute Gasteiger partial charge is 0.385 e. The second-order valence-electron chi connectivity index (χ2n) is 10.8. The van der Waals surface area contributed by atoms with Gasteiger partial charge in [-0.3, -0.25) is 19.4 Å². The molecule has 1 amide bonds. The highest BCUT2D eigenvalue weighted by Crippen LogP contribution is 2.37. The monoisotopic (exact) mass is 522 g/mol. The van der Waals surface area contributed by atoms with Crippen molar-refractivity contribution in [1.29, 1.82) is 5.41 Å². The molecule has 1 aromatic heterocycles. The number of amides is 1. The van der Waals surface area contributed by atoms with Crippen LogP contribution < -0.4 is 5.32 Å². The molecule has 2 rings (SSSR count). The van der Waals surface area contributed by atoms with Gasteiger partial charge >= 0.3 is 0 Å². The summed E-state index contributed by atoms with van der Waals surface area (Å²) < 4.78 is 0. The molecule has 0 spiro atoms. The lowest BCUT2D eigenvalue weighted by atomic mass is 9.71. The van der Waals surface area contributed by atoms with Gasteiger partial charge in [0.25, 0.3) is 5.91 Å². The molecule has 1 fully saturated rings. The minimum Gasteiger partial charge on any atom is -0.385 e. The predicted molar refractivity (Wildman–Crippen MR) is 140 cm³/mol. The smallest absolute Gasteiger partial charge is 0.257 e. The number of aromatic nitrogens is 1. The molecule has 1 heterocycles. The summed E-state index contributed by atoms with van der Waals surface area (Å²) in [4.78, 5) is 43.9. The van der Waals surface area contributed by atoms with Crippen LogP contribution in [0.15, 0.2) is 23.7 Å². The zero-order valence-electron chi connectivity index (χ0n) is 21.4. The summed E-state index contributed by atoms with van der Waals surface area (Å²) in [5, 5.41) is 11.6. The molecule has 35 heavy (non-hydrogen) atoms. The Balaban J connectivity index is 2.26. The second kappa shape index (κ2) is 11.7. The third-order valence-electron chi connectivity index (χ3n) is 6.56. The normalized spacial score (nSPS) is 21.1. The zero-order valence-corrected chi connectivity index (χ0v) is 22.9. The first-order valence-corrected chi connectivity index (χ1v) is 12.5. The van der Waals surface area contributed by atoms with E-state index in [0.717, 1.165) is 31.9 Å². The highest BCUT2D eigenvalue weighted by molar-refractivity contribution is 6.39. The Kier molecular flexibility index (Phi) is 9.65. The van der Waals surface area contributed by atoms with Crippen molar-refractivity contribution in [3.63, 3.8) is 0 Å². The number of hydrogen-bond donors (Lipinski definition) is 2. The number of nitrogens with zero attached hydrogens (tertiary/aromatic N) is 2. The van der Waals surface area contributed by atoms with Crippen molar-refractivity contribution in [1.82, 2.24) is 15.2 Å². The summed E-state index contributed by atoms with van der Waals surface area (Å²) in [5.74, 6) is -0.611. The van der Waals surface area contributed by atoms with Gasteiger partial charge in [-0.25, -0.2) is 0 Å². The molecule has 1 aliphatic carbocycles. The summed E-state index contributed by atoms with van der Waals surface area (Å²) >= 11 is 12.3. The lowest BCUT2D eigenvalue weighted by Crippen LogP contribution is -2.43. The fourth-order valence-corrected chi connectivity index (χ4v) is 4.91. The topological polar surface area (TPSA) is 103 Å². The molecule has 0 aliphatic heterocycles. The molecule has 2 N–H and O–H groups in total. The molecule has 0 unspecified atom stereocenters. The van der Waals surface area contributed by atoms with Crippen molar-refractivity contribution < 1.29 is 14.4 Å². The molecular formula is C26H36Cl2N4O3. The maximum absolute atomic E-state index is 13.6. The lowest BCUT2D eigenvalue weighted by molar-refractivity contribution is -0.128. The second-order valence-corrected chi connectivity index (χ2v) is 11.7. The molecule has 192 valence electrons. The van der Waals surface area contributed by atoms with Gasteiger partial charge in [-0.1, -0.05) is 50.9 Å². The van der Waals surface area contributed by atoms with Gasteiger partial charge in [0.2, 0.25) is 0 Å². The third kappa shape index (κ3) is 7.61. The predicted octanol–water partition coefficient (Wildman–Crippen LogP) is 5.50. The quantitative estimate of drug-likeness (QED) is 0.253. The van der Waals surface area contributed by atoms with E-state index in [0.29, 0.717) is 12.2 Å². The first-order chi connectivity index (χ1) is 16.2. The Labute approximate surface area is 218 Å². The minimum atomic E-state index is -0.418. The molecule has 7 nitrogen and oxygen atoms in total. The summed E-state index contributed by atoms with van der Waals surface area (Å²) in [5.41, 5.74) is 0.300. The highest BCUT2D eigenvalue weighted by Gasteiger charge is 2.35. The summed E-state index contributed by atoms with van der Waals surface area (Å²) in [6, 6.07) is 0.109. The maximum Gasteiger partial charge on any atom is 0.257 e. The van der Waals surface area contributed by atoms with Crippen LogP contribution in [0.2, 0.25) is 10.0 Å². The average Bonchev–Trinajstić information content (AvgIpc) is 2.74. The van der Waals surface area contributed by atoms with E-state index in [-0.39, 0.29) is 50.4 Å². The van der Waals surface area contributed by atoms with Crippen molar-refractivity contribution in [2.75, 3.05) is 13.1 Å². The summed E-state index contributed by atoms with van der Waals surface area (Å²) in [6.45, 7) is 11.4. The Morgan fingerprint density at radius 1 is 1.17 bits per heavy atom. The van der Waals surface area contributed by atoms with E-state index >= 15 is 0 Å². The molecular weight excluding hydrogens is 487 g/mol. The number of halogens is 2. The van der Waals surface area contributed by atoms with E-state index in [4.69, 9.17) is 28.6 Å². The van der Waals surface area contributed by atoms with Crippen LogP contribution in [0.3, 0.4) is 0 Å². The van der Waals surface area contributed by atoms with Crippen LogP contribution in [0.25, 0.3) is 0 Å². The summed E-state index contributed by atoms with van der Waals surface area (Å²) in [6.07, 6.45) is 6.87. The molecule has 0 aromatic carbocycles. The molecule has 1 aromatic rings. The van der Waals surface area contributed by atoms with Crippen molar-refractivity contribution in [3.05, 3.63) is 39.3 Å². The van der Waals surface area contributed by atoms with Gasteiger partial charge in [-0.2, -0.15) is 0 Å². The van der Waals surface area contributed by atoms with Crippen LogP contribution in [-0.4, -0.2) is 52.7 Å². The van der Waals surface area contributed by atoms with Crippen LogP contribution in [0.4, 0.5) is 0 Å². The molecule has 0 radical (unpaired) electrons. The first kappa shape index (κ1) is 29.0. The number of pyridine rings is 1. The molecule has 0 saturated heterocycles.